The maximum absolute atomic E-state index is 12.0. The summed E-state index contributed by atoms with van der Waals surface area (Å²) in [6.45, 7) is 5.60. The van der Waals surface area contributed by atoms with Gasteiger partial charge in [0, 0.05) is 12.6 Å². The highest BCUT2D eigenvalue weighted by molar-refractivity contribution is 9.10. The number of rotatable bonds is 2. The second kappa shape index (κ2) is 6.24. The van der Waals surface area contributed by atoms with Crippen molar-refractivity contribution in [1.82, 2.24) is 14.9 Å². The number of hydrogen-bond donors (Lipinski definition) is 1. The molecule has 1 amide bonds. The highest BCUT2D eigenvalue weighted by Crippen LogP contribution is 2.34. The fraction of sp³-hybridized carbons (Fsp3) is 0.444. The number of carbonyl (C=O) groups excluding carboxylic acids is 1. The number of carbonyl (C=O) groups is 1. The van der Waals surface area contributed by atoms with Gasteiger partial charge >= 0.3 is 6.09 Å². The van der Waals surface area contributed by atoms with Gasteiger partial charge in [0.05, 0.1) is 12.2 Å². The Morgan fingerprint density at radius 2 is 2.17 bits per heavy atom. The monoisotopic (exact) mass is 391 g/mol. The third-order valence-corrected chi connectivity index (χ3v) is 4.84. The van der Waals surface area contributed by atoms with E-state index >= 15 is 0 Å². The van der Waals surface area contributed by atoms with Crippen LogP contribution in [0.25, 0.3) is 11.4 Å². The number of aromatic nitrogens is 2. The molecule has 0 aliphatic heterocycles. The summed E-state index contributed by atoms with van der Waals surface area (Å²) >= 11 is 3.48. The van der Waals surface area contributed by atoms with Crippen molar-refractivity contribution in [1.29, 1.82) is 0 Å². The first kappa shape index (κ1) is 17.0. The van der Waals surface area contributed by atoms with Crippen molar-refractivity contribution in [2.45, 2.75) is 45.3 Å². The summed E-state index contributed by atoms with van der Waals surface area (Å²) in [5, 5.41) is 2.98. The molecule has 2 aromatic rings. The molecular formula is C18H22BrN3O2. The van der Waals surface area contributed by atoms with Crippen LogP contribution in [0.15, 0.2) is 29.0 Å². The Kier molecular flexibility index (Phi) is 4.42. The number of ether oxygens (including phenoxy) is 1. The number of amides is 1. The van der Waals surface area contributed by atoms with Gasteiger partial charge in [-0.05, 0) is 66.7 Å². The molecule has 1 aliphatic rings. The second-order valence-electron chi connectivity index (χ2n) is 7.11. The van der Waals surface area contributed by atoms with Gasteiger partial charge in [-0.3, -0.25) is 0 Å². The first-order valence-electron chi connectivity index (χ1n) is 8.04. The summed E-state index contributed by atoms with van der Waals surface area (Å²) in [7, 11) is 1.98. The van der Waals surface area contributed by atoms with Gasteiger partial charge in [-0.2, -0.15) is 0 Å². The molecule has 0 radical (unpaired) electrons. The number of halogens is 1. The minimum atomic E-state index is -0.485. The van der Waals surface area contributed by atoms with Crippen molar-refractivity contribution in [2.75, 3.05) is 0 Å². The van der Waals surface area contributed by atoms with E-state index < -0.39 is 5.60 Å². The Hall–Kier alpha value is -1.82. The predicted molar refractivity (Wildman–Crippen MR) is 96.8 cm³/mol. The molecule has 1 unspecified atom stereocenters. The molecule has 0 fully saturated rings. The van der Waals surface area contributed by atoms with Crippen molar-refractivity contribution in [3.05, 3.63) is 40.1 Å². The average molecular weight is 392 g/mol. The van der Waals surface area contributed by atoms with Gasteiger partial charge in [-0.25, -0.2) is 9.78 Å². The Labute approximate surface area is 150 Å². The average Bonchev–Trinajstić information content (AvgIpc) is 3.02. The van der Waals surface area contributed by atoms with Crippen LogP contribution in [-0.4, -0.2) is 21.2 Å². The summed E-state index contributed by atoms with van der Waals surface area (Å²) in [4.78, 5) is 16.5. The summed E-state index contributed by atoms with van der Waals surface area (Å²) in [5.41, 5.74) is 3.02. The van der Waals surface area contributed by atoms with Crippen LogP contribution in [0.1, 0.15) is 44.4 Å². The zero-order chi connectivity index (χ0) is 17.5. The number of aryl methyl sites for hydroxylation is 1. The quantitative estimate of drug-likeness (QED) is 0.826. The van der Waals surface area contributed by atoms with E-state index in [1.807, 2.05) is 32.4 Å². The van der Waals surface area contributed by atoms with Crippen molar-refractivity contribution < 1.29 is 9.53 Å². The molecule has 0 saturated carbocycles. The number of hydrogen-bond acceptors (Lipinski definition) is 3. The second-order valence-corrected chi connectivity index (χ2v) is 7.93. The van der Waals surface area contributed by atoms with E-state index in [9.17, 15) is 4.79 Å². The van der Waals surface area contributed by atoms with Crippen LogP contribution >= 0.6 is 15.9 Å². The topological polar surface area (TPSA) is 56.2 Å². The van der Waals surface area contributed by atoms with Crippen molar-refractivity contribution in [3.63, 3.8) is 0 Å². The summed E-state index contributed by atoms with van der Waals surface area (Å²) in [6.07, 6.45) is 3.27. The molecule has 1 atom stereocenters. The van der Waals surface area contributed by atoms with Crippen molar-refractivity contribution >= 4 is 22.0 Å². The molecule has 1 aromatic heterocycles. The lowest BCUT2D eigenvalue weighted by Gasteiger charge is -2.22. The van der Waals surface area contributed by atoms with E-state index in [0.29, 0.717) is 0 Å². The maximum Gasteiger partial charge on any atom is 0.408 e. The predicted octanol–water partition coefficient (Wildman–Crippen LogP) is 4.36. The van der Waals surface area contributed by atoms with Crippen LogP contribution in [0.2, 0.25) is 0 Å². The number of alkyl carbamates (subject to hydrolysis) is 1. The van der Waals surface area contributed by atoms with Gasteiger partial charge in [0.25, 0.3) is 0 Å². The maximum atomic E-state index is 12.0. The fourth-order valence-corrected chi connectivity index (χ4v) is 3.28. The number of benzene rings is 1. The van der Waals surface area contributed by atoms with Crippen LogP contribution in [0.4, 0.5) is 4.79 Å². The highest BCUT2D eigenvalue weighted by atomic mass is 79.9. The van der Waals surface area contributed by atoms with Gasteiger partial charge in [0.2, 0.25) is 0 Å². The molecule has 1 heterocycles. The van der Waals surface area contributed by atoms with Gasteiger partial charge in [-0.1, -0.05) is 12.1 Å². The SMILES string of the molecule is Cn1c(Br)cnc1-c1ccc2c(c1)CCC2NC(=O)OC(C)(C)C. The zero-order valence-electron chi connectivity index (χ0n) is 14.4. The van der Waals surface area contributed by atoms with E-state index in [4.69, 9.17) is 4.74 Å². The van der Waals surface area contributed by atoms with E-state index in [2.05, 4.69) is 44.4 Å². The number of fused-ring (bicyclic) bond motifs is 1. The van der Waals surface area contributed by atoms with Gasteiger partial charge < -0.3 is 14.6 Å². The Morgan fingerprint density at radius 1 is 1.42 bits per heavy atom. The standard InChI is InChI=1S/C18H22BrN3O2/c1-18(2,3)24-17(23)21-14-8-6-11-9-12(5-7-13(11)14)16-20-10-15(19)22(16)4/h5,7,9-10,14H,6,8H2,1-4H3,(H,21,23). The highest BCUT2D eigenvalue weighted by Gasteiger charge is 2.26. The van der Waals surface area contributed by atoms with Gasteiger partial charge in [0.1, 0.15) is 16.0 Å². The Morgan fingerprint density at radius 3 is 2.79 bits per heavy atom. The lowest BCUT2D eigenvalue weighted by Crippen LogP contribution is -2.34. The number of nitrogens with zero attached hydrogens (tertiary/aromatic N) is 2. The summed E-state index contributed by atoms with van der Waals surface area (Å²) < 4.78 is 8.31. The summed E-state index contributed by atoms with van der Waals surface area (Å²) in [6, 6.07) is 6.32. The van der Waals surface area contributed by atoms with E-state index in [1.54, 1.807) is 6.20 Å². The molecule has 0 spiro atoms. The Balaban J connectivity index is 1.78. The molecule has 0 bridgehead atoms. The first-order valence-corrected chi connectivity index (χ1v) is 8.84. The molecule has 128 valence electrons. The Bertz CT molecular complexity index is 777. The van der Waals surface area contributed by atoms with E-state index in [0.717, 1.165) is 34.4 Å². The zero-order valence-corrected chi connectivity index (χ0v) is 16.0. The molecule has 1 aromatic carbocycles. The van der Waals surface area contributed by atoms with Crippen LogP contribution in [0, 0.1) is 0 Å². The van der Waals surface area contributed by atoms with Crippen LogP contribution in [0.5, 0.6) is 0 Å². The third kappa shape index (κ3) is 3.48. The molecule has 5 nitrogen and oxygen atoms in total. The molecule has 6 heteroatoms. The van der Waals surface area contributed by atoms with Gasteiger partial charge in [0.15, 0.2) is 0 Å². The smallest absolute Gasteiger partial charge is 0.408 e. The molecule has 3 rings (SSSR count). The lowest BCUT2D eigenvalue weighted by atomic mass is 10.0. The number of imidazole rings is 1. The minimum Gasteiger partial charge on any atom is -0.444 e. The lowest BCUT2D eigenvalue weighted by molar-refractivity contribution is 0.0503. The van der Waals surface area contributed by atoms with Gasteiger partial charge in [-0.15, -0.1) is 0 Å². The molecule has 24 heavy (non-hydrogen) atoms. The summed E-state index contributed by atoms with van der Waals surface area (Å²) in [5.74, 6) is 0.924. The third-order valence-electron chi connectivity index (χ3n) is 4.10. The van der Waals surface area contributed by atoms with Crippen LogP contribution in [-0.2, 0) is 18.2 Å². The molecule has 1 aliphatic carbocycles. The normalized spacial score (nSPS) is 16.8. The largest absolute Gasteiger partial charge is 0.444 e. The van der Waals surface area contributed by atoms with Crippen molar-refractivity contribution in [3.8, 4) is 11.4 Å². The first-order chi connectivity index (χ1) is 11.2. The van der Waals surface area contributed by atoms with Crippen molar-refractivity contribution in [2.24, 2.45) is 7.05 Å². The molecular weight excluding hydrogens is 370 g/mol. The van der Waals surface area contributed by atoms with E-state index in [1.165, 1.54) is 5.56 Å². The fourth-order valence-electron chi connectivity index (χ4n) is 3.01. The number of nitrogens with one attached hydrogen (secondary N) is 1. The van der Waals surface area contributed by atoms with Crippen LogP contribution in [0.3, 0.4) is 0 Å². The van der Waals surface area contributed by atoms with E-state index in [-0.39, 0.29) is 12.1 Å². The molecule has 0 saturated heterocycles. The molecule has 1 N–H and O–H groups in total. The van der Waals surface area contributed by atoms with Crippen LogP contribution < -0.4 is 5.32 Å². The minimum absolute atomic E-state index is 0.0111.